The van der Waals surface area contributed by atoms with E-state index >= 15 is 0 Å². The minimum Gasteiger partial charge on any atom is -0.326 e. The van der Waals surface area contributed by atoms with Gasteiger partial charge in [-0.3, -0.25) is 0 Å². The zero-order valence-corrected chi connectivity index (χ0v) is 11.9. The number of nitrogens with one attached hydrogen (secondary N) is 1. The van der Waals surface area contributed by atoms with E-state index in [4.69, 9.17) is 5.73 Å². The lowest BCUT2D eigenvalue weighted by Crippen LogP contribution is -2.34. The Bertz CT molecular complexity index is 575. The van der Waals surface area contributed by atoms with Crippen LogP contribution in [0.5, 0.6) is 0 Å². The van der Waals surface area contributed by atoms with Gasteiger partial charge in [0.25, 0.3) is 0 Å². The SMILES string of the molecule is Cc1cc(CN)cc(S(=O)(=O)NC2(C)CC2)c1C. The molecule has 1 aliphatic carbocycles. The average molecular weight is 268 g/mol. The van der Waals surface area contributed by atoms with Gasteiger partial charge >= 0.3 is 0 Å². The van der Waals surface area contributed by atoms with E-state index in [0.29, 0.717) is 11.4 Å². The highest BCUT2D eigenvalue weighted by molar-refractivity contribution is 7.89. The third kappa shape index (κ3) is 2.58. The maximum absolute atomic E-state index is 12.4. The summed E-state index contributed by atoms with van der Waals surface area (Å²) in [6, 6.07) is 3.61. The lowest BCUT2D eigenvalue weighted by atomic mass is 10.1. The molecule has 0 amide bonds. The average Bonchev–Trinajstić information content (AvgIpc) is 2.98. The predicted octanol–water partition coefficient (Wildman–Crippen LogP) is 1.59. The molecule has 0 bridgehead atoms. The Hall–Kier alpha value is -0.910. The van der Waals surface area contributed by atoms with E-state index in [1.54, 1.807) is 6.07 Å². The van der Waals surface area contributed by atoms with Gasteiger partial charge in [-0.2, -0.15) is 0 Å². The van der Waals surface area contributed by atoms with Gasteiger partial charge in [0.1, 0.15) is 0 Å². The molecule has 5 heteroatoms. The van der Waals surface area contributed by atoms with Crippen molar-refractivity contribution < 1.29 is 8.42 Å². The highest BCUT2D eigenvalue weighted by Gasteiger charge is 2.41. The van der Waals surface area contributed by atoms with Crippen molar-refractivity contribution in [2.24, 2.45) is 5.73 Å². The molecule has 2 rings (SSSR count). The topological polar surface area (TPSA) is 72.2 Å². The molecular formula is C13H20N2O2S. The van der Waals surface area contributed by atoms with E-state index in [1.165, 1.54) is 0 Å². The molecule has 100 valence electrons. The standard InChI is InChI=1S/C13H20N2O2S/c1-9-6-11(8-14)7-12(10(9)2)18(16,17)15-13(3)4-5-13/h6-7,15H,4-5,8,14H2,1-3H3. The van der Waals surface area contributed by atoms with Crippen molar-refractivity contribution in [2.45, 2.75) is 50.6 Å². The third-order valence-electron chi connectivity index (χ3n) is 3.59. The quantitative estimate of drug-likeness (QED) is 0.871. The number of hydrogen-bond acceptors (Lipinski definition) is 3. The zero-order chi connectivity index (χ0) is 13.6. The smallest absolute Gasteiger partial charge is 0.241 e. The van der Waals surface area contributed by atoms with Crippen LogP contribution in [0.3, 0.4) is 0 Å². The summed E-state index contributed by atoms with van der Waals surface area (Å²) in [6.07, 6.45) is 1.81. The molecule has 3 N–H and O–H groups in total. The van der Waals surface area contributed by atoms with Gasteiger partial charge in [-0.15, -0.1) is 0 Å². The minimum atomic E-state index is -3.45. The molecule has 4 nitrogen and oxygen atoms in total. The molecule has 1 aromatic carbocycles. The van der Waals surface area contributed by atoms with Crippen molar-refractivity contribution in [3.05, 3.63) is 28.8 Å². The second-order valence-electron chi connectivity index (χ2n) is 5.41. The van der Waals surface area contributed by atoms with Crippen molar-refractivity contribution in [3.8, 4) is 0 Å². The first-order chi connectivity index (χ1) is 8.27. The molecule has 0 aromatic heterocycles. The van der Waals surface area contributed by atoms with E-state index in [0.717, 1.165) is 29.5 Å². The highest BCUT2D eigenvalue weighted by atomic mass is 32.2. The summed E-state index contributed by atoms with van der Waals surface area (Å²) in [4.78, 5) is 0.357. The minimum absolute atomic E-state index is 0.252. The normalized spacial score (nSPS) is 17.8. The van der Waals surface area contributed by atoms with Gasteiger partial charge < -0.3 is 5.73 Å². The van der Waals surface area contributed by atoms with Crippen molar-refractivity contribution in [1.82, 2.24) is 4.72 Å². The molecule has 1 fully saturated rings. The number of rotatable bonds is 4. The Kier molecular flexibility index (Phi) is 3.25. The van der Waals surface area contributed by atoms with Crippen LogP contribution < -0.4 is 10.5 Å². The molecule has 0 radical (unpaired) electrons. The molecule has 0 saturated heterocycles. The summed E-state index contributed by atoms with van der Waals surface area (Å²) >= 11 is 0. The molecule has 0 heterocycles. The summed E-state index contributed by atoms with van der Waals surface area (Å²) in [7, 11) is -3.45. The van der Waals surface area contributed by atoms with E-state index < -0.39 is 10.0 Å². The number of hydrogen-bond donors (Lipinski definition) is 2. The maximum Gasteiger partial charge on any atom is 0.241 e. The van der Waals surface area contributed by atoms with Crippen molar-refractivity contribution in [3.63, 3.8) is 0 Å². The summed E-state index contributed by atoms with van der Waals surface area (Å²) in [5.41, 5.74) is 7.95. The molecule has 0 aliphatic heterocycles. The van der Waals surface area contributed by atoms with E-state index in [1.807, 2.05) is 26.8 Å². The van der Waals surface area contributed by atoms with Crippen LogP contribution >= 0.6 is 0 Å². The Morgan fingerprint density at radius 2 is 1.94 bits per heavy atom. The van der Waals surface area contributed by atoms with Gasteiger partial charge in [0.15, 0.2) is 0 Å². The molecule has 0 spiro atoms. The van der Waals surface area contributed by atoms with Crippen molar-refractivity contribution in [1.29, 1.82) is 0 Å². The van der Waals surface area contributed by atoms with Gasteiger partial charge in [-0.1, -0.05) is 6.07 Å². The predicted molar refractivity (Wildman–Crippen MR) is 71.8 cm³/mol. The summed E-state index contributed by atoms with van der Waals surface area (Å²) in [5.74, 6) is 0. The lowest BCUT2D eigenvalue weighted by molar-refractivity contribution is 0.557. The number of aryl methyl sites for hydroxylation is 1. The van der Waals surface area contributed by atoms with Gasteiger partial charge in [0.05, 0.1) is 4.90 Å². The van der Waals surface area contributed by atoms with Gasteiger partial charge in [0.2, 0.25) is 10.0 Å². The fourth-order valence-corrected chi connectivity index (χ4v) is 3.80. The van der Waals surface area contributed by atoms with Gasteiger partial charge in [-0.05, 0) is 56.4 Å². The summed E-state index contributed by atoms with van der Waals surface area (Å²) in [6.45, 7) is 6.02. The number of sulfonamides is 1. The fraction of sp³-hybridized carbons (Fsp3) is 0.538. The number of nitrogens with two attached hydrogens (primary N) is 1. The van der Waals surface area contributed by atoms with E-state index in [9.17, 15) is 8.42 Å². The summed E-state index contributed by atoms with van der Waals surface area (Å²) < 4.78 is 27.5. The molecule has 0 unspecified atom stereocenters. The first-order valence-electron chi connectivity index (χ1n) is 6.12. The largest absolute Gasteiger partial charge is 0.326 e. The Morgan fingerprint density at radius 3 is 2.44 bits per heavy atom. The van der Waals surface area contributed by atoms with Gasteiger partial charge in [0, 0.05) is 12.1 Å². The van der Waals surface area contributed by atoms with Crippen molar-refractivity contribution in [2.75, 3.05) is 0 Å². The third-order valence-corrected chi connectivity index (χ3v) is 5.35. The Labute approximate surface area is 109 Å². The van der Waals surface area contributed by atoms with E-state index in [2.05, 4.69) is 4.72 Å². The van der Waals surface area contributed by atoms with E-state index in [-0.39, 0.29) is 5.54 Å². The van der Waals surface area contributed by atoms with Crippen LogP contribution in [-0.4, -0.2) is 14.0 Å². The molecular weight excluding hydrogens is 248 g/mol. The first-order valence-corrected chi connectivity index (χ1v) is 7.60. The zero-order valence-electron chi connectivity index (χ0n) is 11.1. The Balaban J connectivity index is 2.46. The fourth-order valence-electron chi connectivity index (χ4n) is 1.96. The molecule has 0 atom stereocenters. The summed E-state index contributed by atoms with van der Waals surface area (Å²) in [5, 5.41) is 0. The second-order valence-corrected chi connectivity index (χ2v) is 7.06. The highest BCUT2D eigenvalue weighted by Crippen LogP contribution is 2.36. The molecule has 1 aromatic rings. The lowest BCUT2D eigenvalue weighted by Gasteiger charge is -2.16. The van der Waals surface area contributed by atoms with Crippen LogP contribution in [0.15, 0.2) is 17.0 Å². The Morgan fingerprint density at radius 1 is 1.33 bits per heavy atom. The monoisotopic (exact) mass is 268 g/mol. The maximum atomic E-state index is 12.4. The van der Waals surface area contributed by atoms with Crippen LogP contribution in [0.2, 0.25) is 0 Å². The molecule has 1 saturated carbocycles. The first kappa shape index (κ1) is 13.5. The van der Waals surface area contributed by atoms with Crippen LogP contribution in [0.25, 0.3) is 0 Å². The molecule has 18 heavy (non-hydrogen) atoms. The van der Waals surface area contributed by atoms with Gasteiger partial charge in [-0.25, -0.2) is 13.1 Å². The van der Waals surface area contributed by atoms with Crippen molar-refractivity contribution >= 4 is 10.0 Å². The molecule has 1 aliphatic rings. The number of benzene rings is 1. The van der Waals surface area contributed by atoms with Crippen LogP contribution in [-0.2, 0) is 16.6 Å². The van der Waals surface area contributed by atoms with Crippen LogP contribution in [0.4, 0.5) is 0 Å². The van der Waals surface area contributed by atoms with Crippen LogP contribution in [0, 0.1) is 13.8 Å². The van der Waals surface area contributed by atoms with Crippen LogP contribution in [0.1, 0.15) is 36.5 Å². The second kappa shape index (κ2) is 4.33.